The van der Waals surface area contributed by atoms with Crippen LogP contribution in [0.5, 0.6) is 0 Å². The SMILES string of the molecule is CC1CCN(C(=O)C2CC(=O)N(C3CC3)C2)C1CO. The average molecular weight is 266 g/mol. The number of amides is 2. The van der Waals surface area contributed by atoms with Crippen molar-refractivity contribution < 1.29 is 14.7 Å². The molecule has 2 heterocycles. The van der Waals surface area contributed by atoms with Crippen molar-refractivity contribution in [2.75, 3.05) is 19.7 Å². The van der Waals surface area contributed by atoms with Crippen LogP contribution in [0.1, 0.15) is 32.6 Å². The maximum absolute atomic E-state index is 12.5. The summed E-state index contributed by atoms with van der Waals surface area (Å²) in [7, 11) is 0. The first kappa shape index (κ1) is 12.9. The zero-order valence-electron chi connectivity index (χ0n) is 11.4. The number of hydrogen-bond donors (Lipinski definition) is 1. The van der Waals surface area contributed by atoms with Crippen LogP contribution < -0.4 is 0 Å². The van der Waals surface area contributed by atoms with Gasteiger partial charge in [0.1, 0.15) is 0 Å². The van der Waals surface area contributed by atoms with Gasteiger partial charge in [0.05, 0.1) is 18.6 Å². The number of aliphatic hydroxyl groups excluding tert-OH is 1. The van der Waals surface area contributed by atoms with Gasteiger partial charge in [0, 0.05) is 25.6 Å². The van der Waals surface area contributed by atoms with E-state index < -0.39 is 0 Å². The van der Waals surface area contributed by atoms with Crippen LogP contribution in [0, 0.1) is 11.8 Å². The molecule has 106 valence electrons. The highest BCUT2D eigenvalue weighted by atomic mass is 16.3. The standard InChI is InChI=1S/C14H22N2O3/c1-9-4-5-15(12(9)8-17)14(19)10-6-13(18)16(7-10)11-2-3-11/h9-12,17H,2-8H2,1H3. The lowest BCUT2D eigenvalue weighted by Gasteiger charge is -2.27. The van der Waals surface area contributed by atoms with Gasteiger partial charge in [0.2, 0.25) is 11.8 Å². The maximum atomic E-state index is 12.5. The molecule has 1 saturated carbocycles. The fourth-order valence-electron chi connectivity index (χ4n) is 3.43. The molecule has 19 heavy (non-hydrogen) atoms. The molecule has 3 aliphatic rings. The Morgan fingerprint density at radius 1 is 1.37 bits per heavy atom. The van der Waals surface area contributed by atoms with Crippen molar-refractivity contribution in [3.63, 3.8) is 0 Å². The smallest absolute Gasteiger partial charge is 0.228 e. The Labute approximate surface area is 113 Å². The summed E-state index contributed by atoms with van der Waals surface area (Å²) >= 11 is 0. The molecule has 3 rings (SSSR count). The molecule has 5 nitrogen and oxygen atoms in total. The van der Waals surface area contributed by atoms with Crippen molar-refractivity contribution in [3.05, 3.63) is 0 Å². The van der Waals surface area contributed by atoms with Gasteiger partial charge in [-0.25, -0.2) is 0 Å². The predicted molar refractivity (Wildman–Crippen MR) is 69.2 cm³/mol. The van der Waals surface area contributed by atoms with Crippen molar-refractivity contribution >= 4 is 11.8 Å². The van der Waals surface area contributed by atoms with Gasteiger partial charge in [-0.3, -0.25) is 9.59 Å². The topological polar surface area (TPSA) is 60.9 Å². The Kier molecular flexibility index (Phi) is 3.25. The molecule has 3 fully saturated rings. The summed E-state index contributed by atoms with van der Waals surface area (Å²) < 4.78 is 0. The van der Waals surface area contributed by atoms with E-state index in [1.807, 2.05) is 4.90 Å². The third kappa shape index (κ3) is 2.24. The molecular formula is C14H22N2O3. The number of likely N-dealkylation sites (tertiary alicyclic amines) is 2. The van der Waals surface area contributed by atoms with E-state index in [-0.39, 0.29) is 30.4 Å². The van der Waals surface area contributed by atoms with Gasteiger partial charge in [-0.2, -0.15) is 0 Å². The number of aliphatic hydroxyl groups is 1. The second-order valence-electron chi connectivity index (χ2n) is 6.23. The van der Waals surface area contributed by atoms with Gasteiger partial charge in [0.15, 0.2) is 0 Å². The number of carbonyl (C=O) groups is 2. The van der Waals surface area contributed by atoms with Crippen LogP contribution in [0.15, 0.2) is 0 Å². The van der Waals surface area contributed by atoms with Crippen LogP contribution >= 0.6 is 0 Å². The van der Waals surface area contributed by atoms with Gasteiger partial charge < -0.3 is 14.9 Å². The minimum Gasteiger partial charge on any atom is -0.394 e. The van der Waals surface area contributed by atoms with Crippen LogP contribution in [0.25, 0.3) is 0 Å². The molecule has 0 aromatic carbocycles. The first-order chi connectivity index (χ1) is 9.11. The quantitative estimate of drug-likeness (QED) is 0.795. The molecule has 1 N–H and O–H groups in total. The lowest BCUT2D eigenvalue weighted by molar-refractivity contribution is -0.137. The molecule has 0 bridgehead atoms. The third-order valence-electron chi connectivity index (χ3n) is 4.85. The minimum absolute atomic E-state index is 0.0277. The zero-order valence-corrected chi connectivity index (χ0v) is 11.4. The molecule has 0 aromatic rings. The number of rotatable bonds is 3. The molecule has 3 atom stereocenters. The van der Waals surface area contributed by atoms with E-state index in [1.54, 1.807) is 4.90 Å². The van der Waals surface area contributed by atoms with Crippen molar-refractivity contribution in [3.8, 4) is 0 Å². The summed E-state index contributed by atoms with van der Waals surface area (Å²) in [6.45, 7) is 3.41. The van der Waals surface area contributed by atoms with Gasteiger partial charge in [-0.05, 0) is 25.2 Å². The van der Waals surface area contributed by atoms with Crippen LogP contribution in [-0.4, -0.2) is 58.5 Å². The van der Waals surface area contributed by atoms with Gasteiger partial charge in [-0.1, -0.05) is 6.92 Å². The van der Waals surface area contributed by atoms with Gasteiger partial charge in [-0.15, -0.1) is 0 Å². The Bertz CT molecular complexity index is 394. The van der Waals surface area contributed by atoms with Gasteiger partial charge >= 0.3 is 0 Å². The van der Waals surface area contributed by atoms with E-state index >= 15 is 0 Å². The number of nitrogens with zero attached hydrogens (tertiary/aromatic N) is 2. The summed E-state index contributed by atoms with van der Waals surface area (Å²) in [5.41, 5.74) is 0. The normalized spacial score (nSPS) is 35.3. The molecule has 1 aliphatic carbocycles. The Hall–Kier alpha value is -1.10. The highest BCUT2D eigenvalue weighted by molar-refractivity contribution is 5.89. The molecule has 0 radical (unpaired) electrons. The van der Waals surface area contributed by atoms with E-state index in [0.29, 0.717) is 24.9 Å². The Morgan fingerprint density at radius 2 is 2.11 bits per heavy atom. The maximum Gasteiger partial charge on any atom is 0.228 e. The summed E-state index contributed by atoms with van der Waals surface area (Å²) in [5.74, 6) is 0.367. The van der Waals surface area contributed by atoms with Crippen LogP contribution in [-0.2, 0) is 9.59 Å². The predicted octanol–water partition coefficient (Wildman–Crippen LogP) is 0.227. The summed E-state index contributed by atoms with van der Waals surface area (Å²) in [5, 5.41) is 9.43. The van der Waals surface area contributed by atoms with Crippen molar-refractivity contribution in [1.82, 2.24) is 9.80 Å². The first-order valence-electron chi connectivity index (χ1n) is 7.32. The molecule has 3 unspecified atom stereocenters. The largest absolute Gasteiger partial charge is 0.394 e. The highest BCUT2D eigenvalue weighted by Crippen LogP contribution is 2.34. The van der Waals surface area contributed by atoms with E-state index in [9.17, 15) is 14.7 Å². The Balaban J connectivity index is 1.66. The molecule has 0 aromatic heterocycles. The molecular weight excluding hydrogens is 244 g/mol. The molecule has 2 amide bonds. The lowest BCUT2D eigenvalue weighted by atomic mass is 10.0. The molecule has 2 saturated heterocycles. The fraction of sp³-hybridized carbons (Fsp3) is 0.857. The summed E-state index contributed by atoms with van der Waals surface area (Å²) in [6.07, 6.45) is 3.49. The number of carbonyl (C=O) groups excluding carboxylic acids is 2. The molecule has 5 heteroatoms. The minimum atomic E-state index is -0.188. The lowest BCUT2D eigenvalue weighted by Crippen LogP contribution is -2.43. The van der Waals surface area contributed by atoms with Crippen LogP contribution in [0.4, 0.5) is 0 Å². The second kappa shape index (κ2) is 4.78. The van der Waals surface area contributed by atoms with Crippen LogP contribution in [0.2, 0.25) is 0 Å². The van der Waals surface area contributed by atoms with E-state index in [4.69, 9.17) is 0 Å². The average Bonchev–Trinajstić information content (AvgIpc) is 3.06. The summed E-state index contributed by atoms with van der Waals surface area (Å²) in [6, 6.07) is 0.342. The van der Waals surface area contributed by atoms with E-state index in [1.165, 1.54) is 0 Å². The van der Waals surface area contributed by atoms with Crippen LogP contribution in [0.3, 0.4) is 0 Å². The fourth-order valence-corrected chi connectivity index (χ4v) is 3.43. The molecule has 2 aliphatic heterocycles. The van der Waals surface area contributed by atoms with E-state index in [2.05, 4.69) is 6.92 Å². The van der Waals surface area contributed by atoms with E-state index in [0.717, 1.165) is 25.8 Å². The van der Waals surface area contributed by atoms with Crippen molar-refractivity contribution in [2.24, 2.45) is 11.8 Å². The third-order valence-corrected chi connectivity index (χ3v) is 4.85. The monoisotopic (exact) mass is 266 g/mol. The molecule has 0 spiro atoms. The number of hydrogen-bond acceptors (Lipinski definition) is 3. The zero-order chi connectivity index (χ0) is 13.6. The van der Waals surface area contributed by atoms with Gasteiger partial charge in [0.25, 0.3) is 0 Å². The highest BCUT2D eigenvalue weighted by Gasteiger charge is 2.45. The second-order valence-corrected chi connectivity index (χ2v) is 6.23. The first-order valence-corrected chi connectivity index (χ1v) is 7.32. The summed E-state index contributed by atoms with van der Waals surface area (Å²) in [4.78, 5) is 28.1. The van der Waals surface area contributed by atoms with Crippen molar-refractivity contribution in [1.29, 1.82) is 0 Å². The Morgan fingerprint density at radius 3 is 2.74 bits per heavy atom. The van der Waals surface area contributed by atoms with Crippen molar-refractivity contribution in [2.45, 2.75) is 44.7 Å².